The van der Waals surface area contributed by atoms with Crippen molar-refractivity contribution >= 4 is 87.0 Å². The first kappa shape index (κ1) is 13.1. The number of rotatable bonds is 1. The summed E-state index contributed by atoms with van der Waals surface area (Å²) in [6.45, 7) is 0. The largest absolute Gasteiger partial charge is 0.225 e. The first-order valence-corrected chi connectivity index (χ1v) is 10.1. The van der Waals surface area contributed by atoms with Gasteiger partial charge in [-0.05, 0) is 6.07 Å². The Bertz CT molecular complexity index is 1170. The molecule has 0 bridgehead atoms. The van der Waals surface area contributed by atoms with Gasteiger partial charge >= 0.3 is 0 Å². The van der Waals surface area contributed by atoms with Gasteiger partial charge in [-0.3, -0.25) is 0 Å². The Morgan fingerprint density at radius 1 is 0.583 bits per heavy atom. The fourth-order valence-electron chi connectivity index (χ4n) is 2.36. The summed E-state index contributed by atoms with van der Waals surface area (Å²) in [4.78, 5) is 32.8. The van der Waals surface area contributed by atoms with E-state index < -0.39 is 0 Å². The zero-order chi connectivity index (χ0) is 15.7. The molecule has 0 saturated heterocycles. The van der Waals surface area contributed by atoms with Crippen LogP contribution in [0, 0.1) is 0 Å². The van der Waals surface area contributed by atoms with Crippen LogP contribution in [0.25, 0.3) is 51.7 Å². The molecule has 0 aromatic carbocycles. The fourth-order valence-corrected chi connectivity index (χ4v) is 5.53. The predicted octanol–water partition coefficient (Wildman–Crippen LogP) is 3.98. The van der Waals surface area contributed by atoms with Crippen molar-refractivity contribution in [2.75, 3.05) is 0 Å². The molecule has 0 fully saturated rings. The second kappa shape index (κ2) is 4.66. The number of thiazole rings is 4. The molecule has 0 aliphatic rings. The Kier molecular flexibility index (Phi) is 2.55. The van der Waals surface area contributed by atoms with Gasteiger partial charge in [0.05, 0.1) is 20.4 Å². The molecule has 0 aliphatic carbocycles. The molecule has 11 heteroatoms. The molecule has 6 heterocycles. The highest BCUT2D eigenvalue weighted by molar-refractivity contribution is 7.27. The molecule has 24 heavy (non-hydrogen) atoms. The van der Waals surface area contributed by atoms with Gasteiger partial charge in [0, 0.05) is 0 Å². The monoisotopic (exact) mass is 385 g/mol. The maximum Gasteiger partial charge on any atom is 0.191 e. The summed E-state index contributed by atoms with van der Waals surface area (Å²) in [5, 5.41) is 1.64. The summed E-state index contributed by atoms with van der Waals surface area (Å²) in [5.41, 5.74) is 6.29. The molecule has 7 nitrogen and oxygen atoms in total. The van der Waals surface area contributed by atoms with Crippen LogP contribution in [0.15, 0.2) is 17.1 Å². The van der Waals surface area contributed by atoms with Gasteiger partial charge < -0.3 is 0 Å². The Balaban J connectivity index is 1.58. The highest BCUT2D eigenvalue weighted by Gasteiger charge is 2.16. The number of nitrogens with zero attached hydrogens (tertiary/aromatic N) is 7. The fraction of sp³-hybridized carbons (Fsp3) is 0. The van der Waals surface area contributed by atoms with Crippen molar-refractivity contribution in [3.05, 3.63) is 17.1 Å². The van der Waals surface area contributed by atoms with Crippen molar-refractivity contribution in [2.24, 2.45) is 0 Å². The third kappa shape index (κ3) is 1.83. The van der Waals surface area contributed by atoms with Crippen LogP contribution in [0.4, 0.5) is 0 Å². The average Bonchev–Trinajstić information content (AvgIpc) is 3.33. The first-order chi connectivity index (χ1) is 11.8. The smallest absolute Gasteiger partial charge is 0.191 e. The Morgan fingerprint density at radius 3 is 2.38 bits per heavy atom. The van der Waals surface area contributed by atoms with Gasteiger partial charge in [0.25, 0.3) is 0 Å². The van der Waals surface area contributed by atoms with Crippen molar-refractivity contribution in [3.63, 3.8) is 0 Å². The van der Waals surface area contributed by atoms with Crippen LogP contribution in [0.1, 0.15) is 0 Å². The van der Waals surface area contributed by atoms with Crippen LogP contribution < -0.4 is 0 Å². The van der Waals surface area contributed by atoms with E-state index in [9.17, 15) is 0 Å². The Morgan fingerprint density at radius 2 is 1.38 bits per heavy atom. The van der Waals surface area contributed by atoms with Crippen LogP contribution in [0.2, 0.25) is 0 Å². The molecule has 0 amide bonds. The van der Waals surface area contributed by atoms with Crippen LogP contribution in [0.3, 0.4) is 0 Å². The lowest BCUT2D eigenvalue weighted by Crippen LogP contribution is -1.81. The molecule has 0 N–H and O–H groups in total. The molecule has 6 aromatic heterocycles. The van der Waals surface area contributed by atoms with Crippen LogP contribution >= 0.6 is 45.3 Å². The van der Waals surface area contributed by atoms with Gasteiger partial charge in [-0.2, -0.15) is 0 Å². The highest BCUT2D eigenvalue weighted by atomic mass is 32.1. The summed E-state index contributed by atoms with van der Waals surface area (Å²) < 4.78 is 2.10. The molecular weight excluding hydrogens is 382 g/mol. The van der Waals surface area contributed by atoms with Crippen molar-refractivity contribution in [2.45, 2.75) is 0 Å². The number of hydrogen-bond donors (Lipinski definition) is 0. The minimum atomic E-state index is 0.640. The van der Waals surface area contributed by atoms with E-state index in [1.54, 1.807) is 33.7 Å². The molecular formula is C13H3N7S4. The maximum absolute atomic E-state index is 4.62. The van der Waals surface area contributed by atoms with E-state index in [2.05, 4.69) is 41.0 Å². The zero-order valence-corrected chi connectivity index (χ0v) is 14.8. The van der Waals surface area contributed by atoms with Crippen molar-refractivity contribution in [3.8, 4) is 10.0 Å². The second-order valence-electron chi connectivity index (χ2n) is 4.86. The SMILES string of the molecule is c1nc2nc3nc(-c4nc5nc6scnc6nc5s4)sc3cc2s1. The van der Waals surface area contributed by atoms with E-state index in [1.165, 1.54) is 22.7 Å². The third-order valence-electron chi connectivity index (χ3n) is 3.40. The Hall–Kier alpha value is -2.21. The highest BCUT2D eigenvalue weighted by Crippen LogP contribution is 2.35. The van der Waals surface area contributed by atoms with Gasteiger partial charge in [-0.1, -0.05) is 11.3 Å². The topological polar surface area (TPSA) is 90.2 Å². The van der Waals surface area contributed by atoms with Crippen molar-refractivity contribution in [1.29, 1.82) is 0 Å². The summed E-state index contributed by atoms with van der Waals surface area (Å²) >= 11 is 6.10. The summed E-state index contributed by atoms with van der Waals surface area (Å²) in [6, 6.07) is 2.08. The maximum atomic E-state index is 4.62. The zero-order valence-electron chi connectivity index (χ0n) is 11.5. The van der Waals surface area contributed by atoms with Crippen LogP contribution in [0.5, 0.6) is 0 Å². The van der Waals surface area contributed by atoms with Gasteiger partial charge in [-0.15, -0.1) is 34.0 Å². The summed E-state index contributed by atoms with van der Waals surface area (Å²) in [5.74, 6) is 0. The molecule has 0 atom stereocenters. The van der Waals surface area contributed by atoms with E-state index in [4.69, 9.17) is 0 Å². The molecule has 114 valence electrons. The lowest BCUT2D eigenvalue weighted by Gasteiger charge is -1.86. The van der Waals surface area contributed by atoms with Gasteiger partial charge in [0.2, 0.25) is 0 Å². The van der Waals surface area contributed by atoms with E-state index in [1.807, 2.05) is 0 Å². The van der Waals surface area contributed by atoms with E-state index in [-0.39, 0.29) is 0 Å². The van der Waals surface area contributed by atoms with Gasteiger partial charge in [0.15, 0.2) is 42.3 Å². The average molecular weight is 385 g/mol. The number of fused-ring (bicyclic) bond motifs is 4. The first-order valence-electron chi connectivity index (χ1n) is 6.72. The summed E-state index contributed by atoms with van der Waals surface area (Å²) in [7, 11) is 0. The van der Waals surface area contributed by atoms with Gasteiger partial charge in [-0.25, -0.2) is 34.9 Å². The van der Waals surface area contributed by atoms with Crippen molar-refractivity contribution in [1.82, 2.24) is 34.9 Å². The minimum absolute atomic E-state index is 0.640. The summed E-state index contributed by atoms with van der Waals surface area (Å²) in [6.07, 6.45) is 0. The number of hydrogen-bond acceptors (Lipinski definition) is 11. The van der Waals surface area contributed by atoms with E-state index in [0.29, 0.717) is 16.9 Å². The number of pyridine rings is 1. The molecule has 0 radical (unpaired) electrons. The van der Waals surface area contributed by atoms with Crippen molar-refractivity contribution < 1.29 is 0 Å². The lowest BCUT2D eigenvalue weighted by molar-refractivity contribution is 1.30. The van der Waals surface area contributed by atoms with E-state index in [0.717, 1.165) is 34.7 Å². The predicted molar refractivity (Wildman–Crippen MR) is 98.0 cm³/mol. The number of aromatic nitrogens is 7. The standard InChI is InChI=1S/C13H3N7S4/c1-4-6(14-2-21-4)16-7-5(1)23-12(17-7)13-20-9-11(24-13)18-8-10(19-9)22-3-15-8/h1-3H. The molecule has 0 saturated carbocycles. The molecule has 0 aliphatic heterocycles. The Labute approximate surface area is 148 Å². The minimum Gasteiger partial charge on any atom is -0.225 e. The molecule has 0 unspecified atom stereocenters. The van der Waals surface area contributed by atoms with E-state index >= 15 is 0 Å². The molecule has 0 spiro atoms. The normalized spacial score (nSPS) is 12.2. The molecule has 6 aromatic rings. The quantitative estimate of drug-likeness (QED) is 0.423. The van der Waals surface area contributed by atoms with Crippen LogP contribution in [-0.2, 0) is 0 Å². The lowest BCUT2D eigenvalue weighted by atomic mass is 10.4. The van der Waals surface area contributed by atoms with Crippen LogP contribution in [-0.4, -0.2) is 34.9 Å². The third-order valence-corrected chi connectivity index (χ3v) is 6.95. The second-order valence-corrected chi connectivity index (χ2v) is 8.58. The molecule has 6 rings (SSSR count). The van der Waals surface area contributed by atoms with Gasteiger partial charge in [0.1, 0.15) is 0 Å².